The van der Waals surface area contributed by atoms with Gasteiger partial charge in [0, 0.05) is 18.2 Å². The van der Waals surface area contributed by atoms with Gasteiger partial charge in [-0.15, -0.1) is 5.10 Å². The molecule has 0 unspecified atom stereocenters. The molecule has 1 amide bonds. The van der Waals surface area contributed by atoms with Crippen LogP contribution in [0.5, 0.6) is 11.5 Å². The van der Waals surface area contributed by atoms with Crippen molar-refractivity contribution in [2.75, 3.05) is 18.5 Å². The minimum atomic E-state index is -4.94. The zero-order valence-corrected chi connectivity index (χ0v) is 15.2. The minimum absolute atomic E-state index is 0.0918. The number of nitrogens with one attached hydrogen (secondary N) is 1. The first-order valence-electron chi connectivity index (χ1n) is 8.83. The fraction of sp³-hybridized carbons (Fsp3) is 0.211. The van der Waals surface area contributed by atoms with Crippen LogP contribution in [0, 0.1) is 5.82 Å². The number of hydrogen-bond acceptors (Lipinski definition) is 5. The Morgan fingerprint density at radius 3 is 2.43 bits per heavy atom. The van der Waals surface area contributed by atoms with Crippen LogP contribution in [0.4, 0.5) is 23.2 Å². The highest BCUT2D eigenvalue weighted by atomic mass is 19.4. The smallest absolute Gasteiger partial charge is 0.435 e. The normalized spacial score (nSPS) is 13.6. The monoisotopic (exact) mass is 422 g/mol. The van der Waals surface area contributed by atoms with Crippen molar-refractivity contribution in [2.24, 2.45) is 0 Å². The topological polar surface area (TPSA) is 78.3 Å². The van der Waals surface area contributed by atoms with Gasteiger partial charge >= 0.3 is 6.18 Å². The third-order valence-corrected chi connectivity index (χ3v) is 4.23. The lowest BCUT2D eigenvalue weighted by atomic mass is 10.2. The van der Waals surface area contributed by atoms with Crippen molar-refractivity contribution in [2.45, 2.75) is 12.6 Å². The fourth-order valence-corrected chi connectivity index (χ4v) is 2.88. The van der Waals surface area contributed by atoms with E-state index in [0.717, 1.165) is 24.3 Å². The summed E-state index contributed by atoms with van der Waals surface area (Å²) in [5.41, 5.74) is -2.18. The van der Waals surface area contributed by atoms with Crippen molar-refractivity contribution in [3.05, 3.63) is 59.7 Å². The number of nitrogens with zero attached hydrogens (tertiary/aromatic N) is 3. The first-order valence-corrected chi connectivity index (χ1v) is 8.83. The molecule has 0 saturated heterocycles. The zero-order valence-electron chi connectivity index (χ0n) is 15.2. The van der Waals surface area contributed by atoms with Crippen LogP contribution in [0.3, 0.4) is 0 Å². The third kappa shape index (κ3) is 3.91. The van der Waals surface area contributed by atoms with Crippen LogP contribution in [0.15, 0.2) is 42.5 Å². The average Bonchev–Trinajstić information content (AvgIpc) is 3.03. The molecule has 1 aliphatic heterocycles. The Bertz CT molecular complexity index is 1080. The van der Waals surface area contributed by atoms with Crippen LogP contribution in [-0.2, 0) is 6.18 Å². The molecule has 0 spiro atoms. The molecule has 0 bridgehead atoms. The second-order valence-corrected chi connectivity index (χ2v) is 6.34. The summed E-state index contributed by atoms with van der Waals surface area (Å²) in [5.74, 6) is -0.884. The van der Waals surface area contributed by atoms with E-state index in [4.69, 9.17) is 9.47 Å². The summed E-state index contributed by atoms with van der Waals surface area (Å²) in [6, 6.07) is 8.65. The summed E-state index contributed by atoms with van der Waals surface area (Å²) in [5, 5.41) is 9.22. The van der Waals surface area contributed by atoms with E-state index in [0.29, 0.717) is 35.8 Å². The van der Waals surface area contributed by atoms with Gasteiger partial charge in [0.15, 0.2) is 22.9 Å². The van der Waals surface area contributed by atoms with Crippen molar-refractivity contribution < 1.29 is 31.8 Å². The molecule has 4 rings (SSSR count). The number of rotatable bonds is 3. The molecule has 1 N–H and O–H groups in total. The van der Waals surface area contributed by atoms with Gasteiger partial charge in [-0.1, -0.05) is 5.21 Å². The molecule has 1 aliphatic rings. The first-order chi connectivity index (χ1) is 14.3. The van der Waals surface area contributed by atoms with E-state index in [1.54, 1.807) is 6.07 Å². The van der Waals surface area contributed by atoms with Gasteiger partial charge in [0.25, 0.3) is 5.91 Å². The maximum atomic E-state index is 13.7. The Labute approximate surface area is 167 Å². The van der Waals surface area contributed by atoms with Crippen LogP contribution in [0.25, 0.3) is 5.69 Å². The Hall–Kier alpha value is -3.63. The molecule has 0 fully saturated rings. The molecule has 1 aromatic heterocycles. The number of aromatic nitrogens is 3. The Morgan fingerprint density at radius 1 is 1.03 bits per heavy atom. The lowest BCUT2D eigenvalue weighted by Crippen LogP contribution is -2.21. The molecular formula is C19H14F4N4O3. The van der Waals surface area contributed by atoms with Gasteiger partial charge in [-0.25, -0.2) is 9.07 Å². The number of benzene rings is 2. The van der Waals surface area contributed by atoms with Crippen LogP contribution < -0.4 is 14.8 Å². The maximum Gasteiger partial charge on any atom is 0.435 e. The molecule has 11 heteroatoms. The summed E-state index contributed by atoms with van der Waals surface area (Å²) in [7, 11) is 0. The van der Waals surface area contributed by atoms with Crippen molar-refractivity contribution in [1.82, 2.24) is 15.0 Å². The third-order valence-electron chi connectivity index (χ3n) is 4.23. The molecule has 0 radical (unpaired) electrons. The second-order valence-electron chi connectivity index (χ2n) is 6.34. The predicted octanol–water partition coefficient (Wildman–Crippen LogP) is 3.84. The Balaban J connectivity index is 1.66. The SMILES string of the molecule is O=C(Nc1ccc2c(c1)OCCCO2)c1nnn(-c2ccc(F)cc2)c1C(F)(F)F. The lowest BCUT2D eigenvalue weighted by Gasteiger charge is -2.12. The molecule has 2 heterocycles. The summed E-state index contributed by atoms with van der Waals surface area (Å²) >= 11 is 0. The molecule has 3 aromatic rings. The second kappa shape index (κ2) is 7.65. The highest BCUT2D eigenvalue weighted by Crippen LogP contribution is 2.35. The number of alkyl halides is 3. The van der Waals surface area contributed by atoms with Crippen molar-refractivity contribution >= 4 is 11.6 Å². The average molecular weight is 422 g/mol. The molecule has 7 nitrogen and oxygen atoms in total. The van der Waals surface area contributed by atoms with Gasteiger partial charge < -0.3 is 14.8 Å². The molecule has 2 aromatic carbocycles. The number of anilines is 1. The molecule has 0 aliphatic carbocycles. The van der Waals surface area contributed by atoms with Crippen LogP contribution in [0.1, 0.15) is 22.6 Å². The van der Waals surface area contributed by atoms with E-state index in [2.05, 4.69) is 15.6 Å². The highest BCUT2D eigenvalue weighted by Gasteiger charge is 2.42. The van der Waals surface area contributed by atoms with Crippen molar-refractivity contribution in [3.8, 4) is 17.2 Å². The minimum Gasteiger partial charge on any atom is -0.490 e. The van der Waals surface area contributed by atoms with E-state index in [1.807, 2.05) is 0 Å². The largest absolute Gasteiger partial charge is 0.490 e. The van der Waals surface area contributed by atoms with Crippen LogP contribution >= 0.6 is 0 Å². The van der Waals surface area contributed by atoms with Gasteiger partial charge in [0.05, 0.1) is 18.9 Å². The van der Waals surface area contributed by atoms with Crippen molar-refractivity contribution in [3.63, 3.8) is 0 Å². The number of hydrogen-bond donors (Lipinski definition) is 1. The lowest BCUT2D eigenvalue weighted by molar-refractivity contribution is -0.143. The van der Waals surface area contributed by atoms with Gasteiger partial charge in [-0.2, -0.15) is 13.2 Å². The molecule has 30 heavy (non-hydrogen) atoms. The van der Waals surface area contributed by atoms with E-state index < -0.39 is 29.3 Å². The van der Waals surface area contributed by atoms with Gasteiger partial charge in [-0.05, 0) is 36.4 Å². The maximum absolute atomic E-state index is 13.7. The first kappa shape index (κ1) is 19.7. The highest BCUT2D eigenvalue weighted by molar-refractivity contribution is 6.04. The summed E-state index contributed by atoms with van der Waals surface area (Å²) < 4.78 is 65.6. The van der Waals surface area contributed by atoms with E-state index in [9.17, 15) is 22.4 Å². The number of carbonyl (C=O) groups excluding carboxylic acids is 1. The quantitative estimate of drug-likeness (QED) is 0.649. The van der Waals surface area contributed by atoms with Gasteiger partial charge in [-0.3, -0.25) is 4.79 Å². The van der Waals surface area contributed by atoms with Crippen LogP contribution in [0.2, 0.25) is 0 Å². The number of fused-ring (bicyclic) bond motifs is 1. The Morgan fingerprint density at radius 2 is 1.73 bits per heavy atom. The van der Waals surface area contributed by atoms with Gasteiger partial charge in [0.1, 0.15) is 5.82 Å². The van der Waals surface area contributed by atoms with Gasteiger partial charge in [0.2, 0.25) is 0 Å². The van der Waals surface area contributed by atoms with E-state index in [-0.39, 0.29) is 11.4 Å². The predicted molar refractivity (Wildman–Crippen MR) is 96.3 cm³/mol. The summed E-state index contributed by atoms with van der Waals surface area (Å²) in [4.78, 5) is 12.6. The summed E-state index contributed by atoms with van der Waals surface area (Å²) in [6.45, 7) is 0.884. The summed E-state index contributed by atoms with van der Waals surface area (Å²) in [6.07, 6.45) is -4.26. The standard InChI is InChI=1S/C19H14F4N4O3/c20-11-2-5-13(6-3-11)27-17(19(21,22)23)16(25-26-27)18(28)24-12-4-7-14-15(10-12)30-9-1-8-29-14/h2-7,10H,1,8-9H2,(H,24,28). The van der Waals surface area contributed by atoms with Crippen molar-refractivity contribution in [1.29, 1.82) is 0 Å². The number of halogens is 4. The number of amides is 1. The number of carbonyl (C=O) groups is 1. The molecule has 156 valence electrons. The zero-order chi connectivity index (χ0) is 21.3. The fourth-order valence-electron chi connectivity index (χ4n) is 2.88. The Kier molecular flexibility index (Phi) is 5.02. The van der Waals surface area contributed by atoms with E-state index >= 15 is 0 Å². The van der Waals surface area contributed by atoms with E-state index in [1.165, 1.54) is 12.1 Å². The van der Waals surface area contributed by atoms with Crippen LogP contribution in [-0.4, -0.2) is 34.1 Å². The molecule has 0 atom stereocenters. The molecule has 0 saturated carbocycles. The number of ether oxygens (including phenoxy) is 2. The molecular weight excluding hydrogens is 408 g/mol.